The number of hydrogen-bond donors (Lipinski definition) is 1. The lowest BCUT2D eigenvalue weighted by atomic mass is 10.2. The largest absolute Gasteiger partial charge is 0.467 e. The molecular weight excluding hydrogens is 277 g/mol. The van der Waals surface area contributed by atoms with Crippen LogP contribution in [-0.4, -0.2) is 18.0 Å². The first-order valence-corrected chi connectivity index (χ1v) is 6.33. The first-order valence-electron chi connectivity index (χ1n) is 6.33. The summed E-state index contributed by atoms with van der Waals surface area (Å²) in [5, 5.41) is 2.58. The summed E-state index contributed by atoms with van der Waals surface area (Å²) in [5.41, 5.74) is 0.182. The van der Waals surface area contributed by atoms with E-state index in [0.29, 0.717) is 5.76 Å². The highest BCUT2D eigenvalue weighted by atomic mass is 19.1. The maximum atomic E-state index is 12.8. The average molecular weight is 291 g/mol. The van der Waals surface area contributed by atoms with Crippen LogP contribution < -0.4 is 5.32 Å². The minimum atomic E-state index is -0.961. The van der Waals surface area contributed by atoms with Gasteiger partial charge in [-0.3, -0.25) is 4.79 Å². The molecule has 1 amide bonds. The van der Waals surface area contributed by atoms with Crippen LogP contribution in [-0.2, 0) is 16.1 Å². The van der Waals surface area contributed by atoms with Gasteiger partial charge in [-0.15, -0.1) is 0 Å². The highest BCUT2D eigenvalue weighted by molar-refractivity contribution is 5.92. The molecule has 0 fully saturated rings. The smallest absolute Gasteiger partial charge is 0.338 e. The second-order valence-electron chi connectivity index (χ2n) is 4.35. The number of carbonyl (C=O) groups excluding carboxylic acids is 2. The van der Waals surface area contributed by atoms with E-state index in [4.69, 9.17) is 9.15 Å². The molecule has 110 valence electrons. The molecule has 0 spiro atoms. The molecule has 0 aliphatic rings. The van der Waals surface area contributed by atoms with Crippen LogP contribution in [0.3, 0.4) is 0 Å². The number of halogens is 1. The van der Waals surface area contributed by atoms with Gasteiger partial charge < -0.3 is 14.5 Å². The number of amides is 1. The molecule has 0 saturated carbocycles. The molecule has 1 aromatic heterocycles. The molecule has 1 heterocycles. The maximum Gasteiger partial charge on any atom is 0.338 e. The van der Waals surface area contributed by atoms with E-state index in [1.54, 1.807) is 12.1 Å². The molecule has 2 aromatic rings. The zero-order chi connectivity index (χ0) is 15.2. The van der Waals surface area contributed by atoms with E-state index in [9.17, 15) is 14.0 Å². The first kappa shape index (κ1) is 14.8. The van der Waals surface area contributed by atoms with E-state index in [1.165, 1.54) is 25.3 Å². The molecule has 1 aromatic carbocycles. The van der Waals surface area contributed by atoms with Crippen molar-refractivity contribution in [3.63, 3.8) is 0 Å². The Morgan fingerprint density at radius 2 is 2.00 bits per heavy atom. The monoisotopic (exact) mass is 291 g/mol. The van der Waals surface area contributed by atoms with Gasteiger partial charge in [-0.05, 0) is 43.3 Å². The van der Waals surface area contributed by atoms with Crippen LogP contribution in [0.1, 0.15) is 23.0 Å². The number of esters is 1. The van der Waals surface area contributed by atoms with Gasteiger partial charge in [0, 0.05) is 0 Å². The van der Waals surface area contributed by atoms with Crippen molar-refractivity contribution in [1.29, 1.82) is 0 Å². The predicted molar refractivity (Wildman–Crippen MR) is 71.8 cm³/mol. The number of nitrogens with one attached hydrogen (secondary N) is 1. The number of carbonyl (C=O) groups is 2. The van der Waals surface area contributed by atoms with Crippen LogP contribution in [0, 0.1) is 5.82 Å². The fourth-order valence-electron chi connectivity index (χ4n) is 1.60. The Balaban J connectivity index is 1.85. The van der Waals surface area contributed by atoms with E-state index in [-0.39, 0.29) is 12.1 Å². The Bertz CT molecular complexity index is 607. The fourth-order valence-corrected chi connectivity index (χ4v) is 1.60. The standard InChI is InChI=1S/C15H14FNO4/c1-10(14(18)17-9-13-3-2-8-20-13)21-15(19)11-4-6-12(16)7-5-11/h2-8,10H,9H2,1H3,(H,17,18)/t10-/m1/s1. The van der Waals surface area contributed by atoms with Gasteiger partial charge in [0.25, 0.3) is 5.91 Å². The summed E-state index contributed by atoms with van der Waals surface area (Å²) in [7, 11) is 0. The Kier molecular flexibility index (Phi) is 4.71. The van der Waals surface area contributed by atoms with Gasteiger partial charge in [0.2, 0.25) is 0 Å². The molecule has 1 atom stereocenters. The molecule has 0 unspecified atom stereocenters. The van der Waals surface area contributed by atoms with Crippen molar-refractivity contribution in [2.24, 2.45) is 0 Å². The molecule has 6 heteroatoms. The third-order valence-electron chi connectivity index (χ3n) is 2.75. The summed E-state index contributed by atoms with van der Waals surface area (Å²) in [6.07, 6.45) is 0.539. The first-order chi connectivity index (χ1) is 10.1. The second kappa shape index (κ2) is 6.69. The molecular formula is C15H14FNO4. The van der Waals surface area contributed by atoms with Crippen LogP contribution >= 0.6 is 0 Å². The Morgan fingerprint density at radius 1 is 1.29 bits per heavy atom. The average Bonchev–Trinajstić information content (AvgIpc) is 2.98. The van der Waals surface area contributed by atoms with Crippen molar-refractivity contribution < 1.29 is 23.1 Å². The molecule has 1 N–H and O–H groups in total. The zero-order valence-corrected chi connectivity index (χ0v) is 11.3. The minimum absolute atomic E-state index is 0.182. The van der Waals surface area contributed by atoms with E-state index in [1.807, 2.05) is 0 Å². The van der Waals surface area contributed by atoms with Gasteiger partial charge in [-0.25, -0.2) is 9.18 Å². The topological polar surface area (TPSA) is 68.5 Å². The molecule has 21 heavy (non-hydrogen) atoms. The Hall–Kier alpha value is -2.63. The van der Waals surface area contributed by atoms with Crippen molar-refractivity contribution in [2.45, 2.75) is 19.6 Å². The fraction of sp³-hybridized carbons (Fsp3) is 0.200. The Morgan fingerprint density at radius 3 is 2.62 bits per heavy atom. The summed E-state index contributed by atoms with van der Waals surface area (Å²) >= 11 is 0. The molecule has 0 aliphatic heterocycles. The third kappa shape index (κ3) is 4.17. The van der Waals surface area contributed by atoms with Gasteiger partial charge in [0.1, 0.15) is 11.6 Å². The van der Waals surface area contributed by atoms with Crippen molar-refractivity contribution in [1.82, 2.24) is 5.32 Å². The number of ether oxygens (including phenoxy) is 1. The SMILES string of the molecule is C[C@@H](OC(=O)c1ccc(F)cc1)C(=O)NCc1ccco1. The number of furan rings is 1. The summed E-state index contributed by atoms with van der Waals surface area (Å²) in [6.45, 7) is 1.67. The van der Waals surface area contributed by atoms with Crippen LogP contribution in [0.2, 0.25) is 0 Å². The lowest BCUT2D eigenvalue weighted by Gasteiger charge is -2.13. The van der Waals surface area contributed by atoms with E-state index in [2.05, 4.69) is 5.32 Å². The van der Waals surface area contributed by atoms with Gasteiger partial charge in [0.05, 0.1) is 18.4 Å². The van der Waals surface area contributed by atoms with Gasteiger partial charge in [0.15, 0.2) is 6.10 Å². The summed E-state index contributed by atoms with van der Waals surface area (Å²) < 4.78 is 22.8. The van der Waals surface area contributed by atoms with Gasteiger partial charge in [-0.1, -0.05) is 0 Å². The summed E-state index contributed by atoms with van der Waals surface area (Å²) in [5.74, 6) is -0.978. The summed E-state index contributed by atoms with van der Waals surface area (Å²) in [4.78, 5) is 23.5. The number of rotatable bonds is 5. The van der Waals surface area contributed by atoms with Crippen molar-refractivity contribution in [2.75, 3.05) is 0 Å². The number of hydrogen-bond acceptors (Lipinski definition) is 4. The highest BCUT2D eigenvalue weighted by Crippen LogP contribution is 2.07. The zero-order valence-electron chi connectivity index (χ0n) is 11.3. The molecule has 0 bridgehead atoms. The van der Waals surface area contributed by atoms with Crippen molar-refractivity contribution in [3.8, 4) is 0 Å². The van der Waals surface area contributed by atoms with Crippen LogP contribution in [0.25, 0.3) is 0 Å². The lowest BCUT2D eigenvalue weighted by molar-refractivity contribution is -0.129. The van der Waals surface area contributed by atoms with E-state index in [0.717, 1.165) is 12.1 Å². The normalized spacial score (nSPS) is 11.7. The van der Waals surface area contributed by atoms with E-state index >= 15 is 0 Å². The summed E-state index contributed by atoms with van der Waals surface area (Å²) in [6, 6.07) is 8.32. The van der Waals surface area contributed by atoms with Crippen LogP contribution in [0.4, 0.5) is 4.39 Å². The maximum absolute atomic E-state index is 12.8. The van der Waals surface area contributed by atoms with Crippen LogP contribution in [0.5, 0.6) is 0 Å². The highest BCUT2D eigenvalue weighted by Gasteiger charge is 2.18. The molecule has 0 aliphatic carbocycles. The lowest BCUT2D eigenvalue weighted by Crippen LogP contribution is -2.35. The van der Waals surface area contributed by atoms with Crippen molar-refractivity contribution >= 4 is 11.9 Å². The molecule has 2 rings (SSSR count). The third-order valence-corrected chi connectivity index (χ3v) is 2.75. The molecule has 5 nitrogen and oxygen atoms in total. The quantitative estimate of drug-likeness (QED) is 0.858. The Labute approximate surface area is 120 Å². The molecule has 0 radical (unpaired) electrons. The van der Waals surface area contributed by atoms with Crippen molar-refractivity contribution in [3.05, 3.63) is 59.8 Å². The van der Waals surface area contributed by atoms with Gasteiger partial charge >= 0.3 is 5.97 Å². The van der Waals surface area contributed by atoms with Crippen LogP contribution in [0.15, 0.2) is 47.1 Å². The minimum Gasteiger partial charge on any atom is -0.467 e. The van der Waals surface area contributed by atoms with Gasteiger partial charge in [-0.2, -0.15) is 0 Å². The molecule has 0 saturated heterocycles. The predicted octanol–water partition coefficient (Wildman–Crippen LogP) is 2.28. The van der Waals surface area contributed by atoms with E-state index < -0.39 is 23.8 Å². The second-order valence-corrected chi connectivity index (χ2v) is 4.35. The number of benzene rings is 1.